The Hall–Kier alpha value is -0.830. The molecule has 0 aromatic carbocycles. The fourth-order valence-electron chi connectivity index (χ4n) is 2.37. The summed E-state index contributed by atoms with van der Waals surface area (Å²) in [4.78, 5) is 0. The summed E-state index contributed by atoms with van der Waals surface area (Å²) < 4.78 is 2.06. The van der Waals surface area contributed by atoms with E-state index in [-0.39, 0.29) is 6.61 Å². The second-order valence-corrected chi connectivity index (χ2v) is 4.79. The topological polar surface area (TPSA) is 38.0 Å². The number of aliphatic hydroxyl groups excluding tert-OH is 1. The van der Waals surface area contributed by atoms with Crippen molar-refractivity contribution in [1.82, 2.24) is 9.78 Å². The van der Waals surface area contributed by atoms with Gasteiger partial charge in [0.25, 0.3) is 0 Å². The monoisotopic (exact) mass is 208 g/mol. The first-order valence-electron chi connectivity index (χ1n) is 5.86. The molecule has 0 radical (unpaired) electrons. The number of aliphatic hydroxyl groups is 1. The Morgan fingerprint density at radius 3 is 2.60 bits per heavy atom. The van der Waals surface area contributed by atoms with Crippen molar-refractivity contribution in [1.29, 1.82) is 0 Å². The van der Waals surface area contributed by atoms with Gasteiger partial charge in [-0.15, -0.1) is 0 Å². The normalized spacial score (nSPS) is 26.9. The molecule has 15 heavy (non-hydrogen) atoms. The van der Waals surface area contributed by atoms with Crippen LogP contribution in [0, 0.1) is 12.8 Å². The summed E-state index contributed by atoms with van der Waals surface area (Å²) in [7, 11) is 0. The molecule has 3 nitrogen and oxygen atoms in total. The van der Waals surface area contributed by atoms with Crippen molar-refractivity contribution in [2.24, 2.45) is 5.92 Å². The van der Waals surface area contributed by atoms with Crippen LogP contribution in [0.15, 0.2) is 6.20 Å². The number of hydrogen-bond donors (Lipinski definition) is 1. The molecule has 1 aliphatic carbocycles. The molecule has 1 fully saturated rings. The summed E-state index contributed by atoms with van der Waals surface area (Å²) in [6, 6.07) is 0.556. The third-order valence-corrected chi connectivity index (χ3v) is 3.55. The van der Waals surface area contributed by atoms with Crippen LogP contribution in [-0.4, -0.2) is 14.9 Å². The highest BCUT2D eigenvalue weighted by molar-refractivity contribution is 5.14. The van der Waals surface area contributed by atoms with Crippen LogP contribution in [0.5, 0.6) is 0 Å². The van der Waals surface area contributed by atoms with E-state index in [4.69, 9.17) is 5.11 Å². The average Bonchev–Trinajstić information content (AvgIpc) is 2.61. The Morgan fingerprint density at radius 2 is 2.07 bits per heavy atom. The molecule has 1 N–H and O–H groups in total. The summed E-state index contributed by atoms with van der Waals surface area (Å²) in [5.74, 6) is 0.871. The molecule has 0 unspecified atom stereocenters. The number of aromatic nitrogens is 2. The summed E-state index contributed by atoms with van der Waals surface area (Å²) in [6.07, 6.45) is 7.08. The number of aryl methyl sites for hydroxylation is 1. The van der Waals surface area contributed by atoms with Crippen molar-refractivity contribution in [3.63, 3.8) is 0 Å². The van der Waals surface area contributed by atoms with Gasteiger partial charge >= 0.3 is 0 Å². The van der Waals surface area contributed by atoms with Crippen molar-refractivity contribution < 1.29 is 5.11 Å². The van der Waals surface area contributed by atoms with Crippen LogP contribution in [0.1, 0.15) is 49.9 Å². The zero-order valence-electron chi connectivity index (χ0n) is 9.61. The molecule has 1 aliphatic rings. The minimum Gasteiger partial charge on any atom is -0.392 e. The molecule has 0 saturated heterocycles. The summed E-state index contributed by atoms with van der Waals surface area (Å²) >= 11 is 0. The van der Waals surface area contributed by atoms with Crippen LogP contribution in [0.25, 0.3) is 0 Å². The molecule has 0 spiro atoms. The Labute approximate surface area is 91.1 Å². The fourth-order valence-corrected chi connectivity index (χ4v) is 2.37. The molecule has 84 valence electrons. The third kappa shape index (κ3) is 2.23. The Kier molecular flexibility index (Phi) is 3.10. The van der Waals surface area contributed by atoms with Gasteiger partial charge in [-0.05, 0) is 38.5 Å². The fraction of sp³-hybridized carbons (Fsp3) is 0.750. The molecular weight excluding hydrogens is 188 g/mol. The first-order chi connectivity index (χ1) is 7.20. The zero-order valence-corrected chi connectivity index (χ0v) is 9.61. The average molecular weight is 208 g/mol. The van der Waals surface area contributed by atoms with E-state index in [9.17, 15) is 0 Å². The molecule has 0 amide bonds. The molecule has 1 aromatic rings. The highest BCUT2D eigenvalue weighted by Gasteiger charge is 2.20. The molecule has 1 aromatic heterocycles. The van der Waals surface area contributed by atoms with Crippen LogP contribution in [0.2, 0.25) is 0 Å². The number of nitrogens with zero attached hydrogens (tertiary/aromatic N) is 2. The molecular formula is C12H20N2O. The molecule has 1 saturated carbocycles. The molecule has 3 heteroatoms. The minimum atomic E-state index is 0.106. The van der Waals surface area contributed by atoms with E-state index in [2.05, 4.69) is 16.7 Å². The van der Waals surface area contributed by atoms with Gasteiger partial charge in [-0.3, -0.25) is 4.68 Å². The van der Waals surface area contributed by atoms with E-state index in [0.717, 1.165) is 17.2 Å². The lowest BCUT2D eigenvalue weighted by atomic mass is 9.87. The summed E-state index contributed by atoms with van der Waals surface area (Å²) in [5, 5.41) is 13.6. The van der Waals surface area contributed by atoms with Crippen LogP contribution in [0.4, 0.5) is 0 Å². The lowest BCUT2D eigenvalue weighted by Crippen LogP contribution is -2.17. The maximum atomic E-state index is 9.12. The van der Waals surface area contributed by atoms with Gasteiger partial charge in [0.1, 0.15) is 0 Å². The smallest absolute Gasteiger partial charge is 0.0715 e. The highest BCUT2D eigenvalue weighted by Crippen LogP contribution is 2.31. The molecule has 2 rings (SSSR count). The van der Waals surface area contributed by atoms with Crippen LogP contribution in [-0.2, 0) is 6.61 Å². The summed E-state index contributed by atoms with van der Waals surface area (Å²) in [5.41, 5.74) is 1.93. The Morgan fingerprint density at radius 1 is 1.40 bits per heavy atom. The molecule has 0 bridgehead atoms. The van der Waals surface area contributed by atoms with Gasteiger partial charge in [0.15, 0.2) is 0 Å². The molecule has 0 aliphatic heterocycles. The SMILES string of the molecule is Cc1nn(C2CCC(C)CC2)cc1CO. The van der Waals surface area contributed by atoms with E-state index in [0.29, 0.717) is 6.04 Å². The molecule has 1 heterocycles. The quantitative estimate of drug-likeness (QED) is 0.810. The van der Waals surface area contributed by atoms with Gasteiger partial charge in [0.2, 0.25) is 0 Å². The van der Waals surface area contributed by atoms with E-state index >= 15 is 0 Å². The van der Waals surface area contributed by atoms with Crippen molar-refractivity contribution in [2.45, 2.75) is 52.2 Å². The van der Waals surface area contributed by atoms with E-state index < -0.39 is 0 Å². The van der Waals surface area contributed by atoms with Crippen LogP contribution >= 0.6 is 0 Å². The summed E-state index contributed by atoms with van der Waals surface area (Å²) in [6.45, 7) is 4.40. The zero-order chi connectivity index (χ0) is 10.8. The molecule has 0 atom stereocenters. The maximum Gasteiger partial charge on any atom is 0.0715 e. The second-order valence-electron chi connectivity index (χ2n) is 4.79. The van der Waals surface area contributed by atoms with Gasteiger partial charge < -0.3 is 5.11 Å². The number of rotatable bonds is 2. The highest BCUT2D eigenvalue weighted by atomic mass is 16.3. The van der Waals surface area contributed by atoms with Gasteiger partial charge in [-0.1, -0.05) is 6.92 Å². The van der Waals surface area contributed by atoms with E-state index in [1.54, 1.807) is 0 Å². The van der Waals surface area contributed by atoms with Crippen molar-refractivity contribution in [3.8, 4) is 0 Å². The predicted octanol–water partition coefficient (Wildman–Crippen LogP) is 2.44. The van der Waals surface area contributed by atoms with Gasteiger partial charge in [0.05, 0.1) is 18.3 Å². The minimum absolute atomic E-state index is 0.106. The standard InChI is InChI=1S/C12H20N2O/c1-9-3-5-12(6-4-9)14-7-11(8-15)10(2)13-14/h7,9,12,15H,3-6,8H2,1-2H3. The number of hydrogen-bond acceptors (Lipinski definition) is 2. The largest absolute Gasteiger partial charge is 0.392 e. The maximum absolute atomic E-state index is 9.12. The van der Waals surface area contributed by atoms with Crippen molar-refractivity contribution >= 4 is 0 Å². The Bertz CT molecular complexity index is 324. The lowest BCUT2D eigenvalue weighted by molar-refractivity contribution is 0.270. The van der Waals surface area contributed by atoms with E-state index in [1.165, 1.54) is 25.7 Å². The van der Waals surface area contributed by atoms with Crippen LogP contribution in [0.3, 0.4) is 0 Å². The third-order valence-electron chi connectivity index (χ3n) is 3.55. The van der Waals surface area contributed by atoms with Gasteiger partial charge in [-0.2, -0.15) is 5.10 Å². The first kappa shape index (κ1) is 10.7. The van der Waals surface area contributed by atoms with Crippen molar-refractivity contribution in [2.75, 3.05) is 0 Å². The first-order valence-corrected chi connectivity index (χ1v) is 5.86. The predicted molar refractivity (Wildman–Crippen MR) is 59.6 cm³/mol. The van der Waals surface area contributed by atoms with Crippen molar-refractivity contribution in [3.05, 3.63) is 17.5 Å². The van der Waals surface area contributed by atoms with Crippen LogP contribution < -0.4 is 0 Å². The van der Waals surface area contributed by atoms with E-state index in [1.807, 2.05) is 13.1 Å². The lowest BCUT2D eigenvalue weighted by Gasteiger charge is -2.26. The second kappa shape index (κ2) is 4.35. The Balaban J connectivity index is 2.09. The van der Waals surface area contributed by atoms with Gasteiger partial charge in [0, 0.05) is 11.8 Å². The van der Waals surface area contributed by atoms with Gasteiger partial charge in [-0.25, -0.2) is 0 Å².